The van der Waals surface area contributed by atoms with E-state index >= 15 is 0 Å². The molecule has 3 rings (SSSR count). The summed E-state index contributed by atoms with van der Waals surface area (Å²) < 4.78 is 0. The monoisotopic (exact) mass is 263 g/mol. The Morgan fingerprint density at radius 1 is 1.10 bits per heavy atom. The summed E-state index contributed by atoms with van der Waals surface area (Å²) in [6, 6.07) is 12.7. The van der Waals surface area contributed by atoms with Gasteiger partial charge in [0.25, 0.3) is 0 Å². The molecular formula is C16H13N3O. The van der Waals surface area contributed by atoms with Crippen molar-refractivity contribution in [1.29, 1.82) is 0 Å². The van der Waals surface area contributed by atoms with E-state index in [0.717, 1.165) is 16.6 Å². The topological polar surface area (TPSA) is 68.9 Å². The second-order valence-electron chi connectivity index (χ2n) is 4.67. The Hall–Kier alpha value is -2.75. The fourth-order valence-corrected chi connectivity index (χ4v) is 2.06. The fraction of sp³-hybridized carbons (Fsp3) is 0.0625. The Balaban J connectivity index is 2.03. The molecular weight excluding hydrogens is 250 g/mol. The molecule has 0 spiro atoms. The molecule has 3 aromatic rings. The summed E-state index contributed by atoms with van der Waals surface area (Å²) in [5, 5.41) is 0.942. The Morgan fingerprint density at radius 2 is 1.95 bits per heavy atom. The van der Waals surface area contributed by atoms with Crippen LogP contribution in [0.4, 0.5) is 5.69 Å². The number of pyridine rings is 2. The number of benzene rings is 1. The number of ketones is 1. The largest absolute Gasteiger partial charge is 0.397 e. The number of anilines is 1. The van der Waals surface area contributed by atoms with Gasteiger partial charge in [0, 0.05) is 16.6 Å². The molecule has 2 aromatic heterocycles. The number of fused-ring (bicyclic) bond motifs is 1. The first-order chi connectivity index (χ1) is 9.63. The van der Waals surface area contributed by atoms with Gasteiger partial charge in [0.15, 0.2) is 0 Å². The normalized spacial score (nSPS) is 10.7. The minimum Gasteiger partial charge on any atom is -0.397 e. The first-order valence-corrected chi connectivity index (χ1v) is 6.27. The van der Waals surface area contributed by atoms with Gasteiger partial charge in [0.2, 0.25) is 5.78 Å². The van der Waals surface area contributed by atoms with Crippen LogP contribution in [0, 0.1) is 6.92 Å². The highest BCUT2D eigenvalue weighted by Gasteiger charge is 2.11. The molecule has 0 saturated carbocycles. The molecule has 2 heterocycles. The number of carbonyl (C=O) groups is 1. The third-order valence-electron chi connectivity index (χ3n) is 3.11. The summed E-state index contributed by atoms with van der Waals surface area (Å²) in [6.45, 7) is 1.94. The molecule has 0 unspecified atom stereocenters. The number of aromatic nitrogens is 2. The number of hydrogen-bond acceptors (Lipinski definition) is 4. The summed E-state index contributed by atoms with van der Waals surface area (Å²) in [6.07, 6.45) is 1.49. The fourth-order valence-electron chi connectivity index (χ4n) is 2.06. The van der Waals surface area contributed by atoms with Gasteiger partial charge in [0.05, 0.1) is 17.4 Å². The van der Waals surface area contributed by atoms with E-state index in [2.05, 4.69) is 9.97 Å². The van der Waals surface area contributed by atoms with Gasteiger partial charge < -0.3 is 5.73 Å². The molecule has 2 N–H and O–H groups in total. The summed E-state index contributed by atoms with van der Waals surface area (Å²) in [4.78, 5) is 20.8. The summed E-state index contributed by atoms with van der Waals surface area (Å²) in [7, 11) is 0. The molecule has 0 saturated heterocycles. The van der Waals surface area contributed by atoms with E-state index in [1.807, 2.05) is 31.2 Å². The van der Waals surface area contributed by atoms with Crippen molar-refractivity contribution in [2.24, 2.45) is 0 Å². The Morgan fingerprint density at radius 3 is 2.70 bits per heavy atom. The minimum atomic E-state index is -0.118. The number of nitrogens with two attached hydrogens (primary N) is 1. The van der Waals surface area contributed by atoms with Crippen molar-refractivity contribution in [3.63, 3.8) is 0 Å². The number of aryl methyl sites for hydroxylation is 1. The van der Waals surface area contributed by atoms with Crippen molar-refractivity contribution >= 4 is 22.4 Å². The average molecular weight is 263 g/mol. The van der Waals surface area contributed by atoms with Crippen LogP contribution in [0.1, 0.15) is 21.7 Å². The Bertz CT molecular complexity index is 794. The van der Waals surface area contributed by atoms with Gasteiger partial charge in [-0.1, -0.05) is 6.07 Å². The Kier molecular flexibility index (Phi) is 2.91. The maximum atomic E-state index is 12.3. The van der Waals surface area contributed by atoms with Crippen molar-refractivity contribution in [3.05, 3.63) is 65.6 Å². The lowest BCUT2D eigenvalue weighted by Gasteiger charge is -2.03. The van der Waals surface area contributed by atoms with Crippen LogP contribution in [0.3, 0.4) is 0 Å². The van der Waals surface area contributed by atoms with E-state index in [4.69, 9.17) is 5.73 Å². The highest BCUT2D eigenvalue weighted by atomic mass is 16.1. The SMILES string of the molecule is Cc1ccc2cc(C(=O)c3ccc(N)cn3)ccc2n1. The second-order valence-corrected chi connectivity index (χ2v) is 4.67. The van der Waals surface area contributed by atoms with Crippen LogP contribution in [-0.4, -0.2) is 15.8 Å². The molecule has 98 valence electrons. The van der Waals surface area contributed by atoms with E-state index in [1.54, 1.807) is 18.2 Å². The predicted molar refractivity (Wildman–Crippen MR) is 78.6 cm³/mol. The number of nitrogens with zero attached hydrogens (tertiary/aromatic N) is 2. The second kappa shape index (κ2) is 4.74. The maximum Gasteiger partial charge on any atom is 0.211 e. The van der Waals surface area contributed by atoms with E-state index in [1.165, 1.54) is 6.20 Å². The van der Waals surface area contributed by atoms with Gasteiger partial charge in [-0.2, -0.15) is 0 Å². The number of carbonyl (C=O) groups excluding carboxylic acids is 1. The first kappa shape index (κ1) is 12.3. The third kappa shape index (κ3) is 2.23. The van der Waals surface area contributed by atoms with Crippen LogP contribution >= 0.6 is 0 Å². The van der Waals surface area contributed by atoms with Crippen molar-refractivity contribution in [3.8, 4) is 0 Å². The molecule has 0 aliphatic heterocycles. The van der Waals surface area contributed by atoms with Crippen molar-refractivity contribution in [1.82, 2.24) is 9.97 Å². The zero-order chi connectivity index (χ0) is 14.1. The molecule has 0 aliphatic rings. The quantitative estimate of drug-likeness (QED) is 0.722. The molecule has 0 atom stereocenters. The van der Waals surface area contributed by atoms with Crippen molar-refractivity contribution in [2.45, 2.75) is 6.92 Å². The molecule has 20 heavy (non-hydrogen) atoms. The van der Waals surface area contributed by atoms with E-state index in [9.17, 15) is 4.79 Å². The molecule has 0 aliphatic carbocycles. The van der Waals surface area contributed by atoms with Gasteiger partial charge >= 0.3 is 0 Å². The van der Waals surface area contributed by atoms with E-state index in [0.29, 0.717) is 16.9 Å². The average Bonchev–Trinajstić information content (AvgIpc) is 2.47. The molecule has 4 heteroatoms. The molecule has 0 bridgehead atoms. The Labute approximate surface area is 116 Å². The lowest BCUT2D eigenvalue weighted by atomic mass is 10.0. The summed E-state index contributed by atoms with van der Waals surface area (Å²) >= 11 is 0. The maximum absolute atomic E-state index is 12.3. The van der Waals surface area contributed by atoms with Crippen LogP contribution in [0.5, 0.6) is 0 Å². The lowest BCUT2D eigenvalue weighted by Crippen LogP contribution is -2.04. The number of hydrogen-bond donors (Lipinski definition) is 1. The molecule has 4 nitrogen and oxygen atoms in total. The smallest absolute Gasteiger partial charge is 0.211 e. The minimum absolute atomic E-state index is 0.118. The first-order valence-electron chi connectivity index (χ1n) is 6.27. The standard InChI is InChI=1S/C16H13N3O/c1-10-2-3-11-8-12(4-6-14(11)19-10)16(20)15-7-5-13(17)9-18-15/h2-9H,17H2,1H3. The van der Waals surface area contributed by atoms with Crippen LogP contribution in [0.25, 0.3) is 10.9 Å². The van der Waals surface area contributed by atoms with Gasteiger partial charge in [-0.15, -0.1) is 0 Å². The number of rotatable bonds is 2. The van der Waals surface area contributed by atoms with Crippen LogP contribution in [0.2, 0.25) is 0 Å². The van der Waals surface area contributed by atoms with Crippen LogP contribution in [-0.2, 0) is 0 Å². The number of nitrogen functional groups attached to an aromatic ring is 1. The van der Waals surface area contributed by atoms with Crippen molar-refractivity contribution in [2.75, 3.05) is 5.73 Å². The van der Waals surface area contributed by atoms with Gasteiger partial charge in [-0.3, -0.25) is 14.8 Å². The highest BCUT2D eigenvalue weighted by Crippen LogP contribution is 2.17. The van der Waals surface area contributed by atoms with Gasteiger partial charge in [-0.05, 0) is 43.3 Å². The van der Waals surface area contributed by atoms with Crippen molar-refractivity contribution < 1.29 is 4.79 Å². The highest BCUT2D eigenvalue weighted by molar-refractivity contribution is 6.09. The van der Waals surface area contributed by atoms with E-state index < -0.39 is 0 Å². The van der Waals surface area contributed by atoms with Crippen LogP contribution < -0.4 is 5.73 Å². The summed E-state index contributed by atoms with van der Waals surface area (Å²) in [5.74, 6) is -0.118. The predicted octanol–water partition coefficient (Wildman–Crippen LogP) is 2.75. The van der Waals surface area contributed by atoms with E-state index in [-0.39, 0.29) is 5.78 Å². The summed E-state index contributed by atoms with van der Waals surface area (Å²) in [5.41, 5.74) is 8.94. The van der Waals surface area contributed by atoms with Gasteiger partial charge in [0.1, 0.15) is 5.69 Å². The molecule has 0 radical (unpaired) electrons. The van der Waals surface area contributed by atoms with Gasteiger partial charge in [-0.25, -0.2) is 0 Å². The molecule has 0 fully saturated rings. The molecule has 1 aromatic carbocycles. The third-order valence-corrected chi connectivity index (χ3v) is 3.11. The zero-order valence-electron chi connectivity index (χ0n) is 11.0. The molecule has 0 amide bonds. The zero-order valence-corrected chi connectivity index (χ0v) is 11.0. The van der Waals surface area contributed by atoms with Crippen LogP contribution in [0.15, 0.2) is 48.7 Å². The lowest BCUT2D eigenvalue weighted by molar-refractivity contribution is 0.103.